The number of hydrogen-bond donors (Lipinski definition) is 1. The van der Waals surface area contributed by atoms with Crippen LogP contribution in [0.2, 0.25) is 0 Å². The van der Waals surface area contributed by atoms with Crippen LogP contribution < -0.4 is 0 Å². The lowest BCUT2D eigenvalue weighted by Crippen LogP contribution is -2.00. The molecular formula is C11H7Br2NO. The molecule has 0 unspecified atom stereocenters. The second kappa shape index (κ2) is 4.33. The molecule has 0 aliphatic rings. The SMILES string of the molecule is O=C(c1cc[nH]c1)c1ccc(Br)cc1Br. The van der Waals surface area contributed by atoms with Crippen molar-refractivity contribution in [2.24, 2.45) is 0 Å². The number of H-pyrrole nitrogens is 1. The van der Waals surface area contributed by atoms with E-state index < -0.39 is 0 Å². The lowest BCUT2D eigenvalue weighted by atomic mass is 10.1. The maximum atomic E-state index is 12.0. The first-order chi connectivity index (χ1) is 7.18. The second-order valence-corrected chi connectivity index (χ2v) is 4.82. The van der Waals surface area contributed by atoms with Crippen LogP contribution in [-0.4, -0.2) is 10.8 Å². The lowest BCUT2D eigenvalue weighted by molar-refractivity contribution is 0.103. The number of carbonyl (C=O) groups is 1. The van der Waals surface area contributed by atoms with E-state index in [4.69, 9.17) is 0 Å². The second-order valence-electron chi connectivity index (χ2n) is 3.05. The molecule has 0 spiro atoms. The van der Waals surface area contributed by atoms with Crippen molar-refractivity contribution in [1.82, 2.24) is 4.98 Å². The molecule has 1 aromatic heterocycles. The van der Waals surface area contributed by atoms with Crippen molar-refractivity contribution in [3.63, 3.8) is 0 Å². The fraction of sp³-hybridized carbons (Fsp3) is 0. The highest BCUT2D eigenvalue weighted by molar-refractivity contribution is 9.11. The molecule has 0 fully saturated rings. The van der Waals surface area contributed by atoms with Gasteiger partial charge in [-0.25, -0.2) is 0 Å². The molecule has 1 N–H and O–H groups in total. The number of benzene rings is 1. The van der Waals surface area contributed by atoms with Crippen molar-refractivity contribution < 1.29 is 4.79 Å². The summed E-state index contributed by atoms with van der Waals surface area (Å²) in [6.45, 7) is 0. The van der Waals surface area contributed by atoms with Gasteiger partial charge in [0.2, 0.25) is 0 Å². The molecule has 0 atom stereocenters. The van der Waals surface area contributed by atoms with Crippen LogP contribution in [-0.2, 0) is 0 Å². The van der Waals surface area contributed by atoms with Gasteiger partial charge in [0, 0.05) is 32.5 Å². The van der Waals surface area contributed by atoms with Crippen LogP contribution in [0.25, 0.3) is 0 Å². The number of aromatic nitrogens is 1. The molecule has 0 aliphatic carbocycles. The van der Waals surface area contributed by atoms with E-state index in [0.29, 0.717) is 11.1 Å². The summed E-state index contributed by atoms with van der Waals surface area (Å²) in [5.74, 6) is 0.00984. The third-order valence-electron chi connectivity index (χ3n) is 2.04. The third kappa shape index (κ3) is 2.21. The highest BCUT2D eigenvalue weighted by Crippen LogP contribution is 2.24. The highest BCUT2D eigenvalue weighted by atomic mass is 79.9. The largest absolute Gasteiger partial charge is 0.367 e. The molecule has 2 aromatic rings. The zero-order chi connectivity index (χ0) is 10.8. The van der Waals surface area contributed by atoms with Crippen LogP contribution in [0.5, 0.6) is 0 Å². The Morgan fingerprint density at radius 3 is 2.60 bits per heavy atom. The van der Waals surface area contributed by atoms with Crippen molar-refractivity contribution in [2.45, 2.75) is 0 Å². The van der Waals surface area contributed by atoms with E-state index in [2.05, 4.69) is 36.8 Å². The average molecular weight is 329 g/mol. The fourth-order valence-corrected chi connectivity index (χ4v) is 2.52. The van der Waals surface area contributed by atoms with E-state index >= 15 is 0 Å². The zero-order valence-corrected chi connectivity index (χ0v) is 10.8. The fourth-order valence-electron chi connectivity index (χ4n) is 1.29. The van der Waals surface area contributed by atoms with Gasteiger partial charge in [0.15, 0.2) is 5.78 Å². The Labute approximate surface area is 104 Å². The Kier molecular flexibility index (Phi) is 3.07. The summed E-state index contributed by atoms with van der Waals surface area (Å²) in [5.41, 5.74) is 1.33. The smallest absolute Gasteiger partial charge is 0.195 e. The quantitative estimate of drug-likeness (QED) is 0.836. The van der Waals surface area contributed by atoms with Crippen molar-refractivity contribution in [3.8, 4) is 0 Å². The van der Waals surface area contributed by atoms with Crippen LogP contribution in [0.3, 0.4) is 0 Å². The summed E-state index contributed by atoms with van der Waals surface area (Å²) >= 11 is 6.72. The Morgan fingerprint density at radius 2 is 2.00 bits per heavy atom. The zero-order valence-electron chi connectivity index (χ0n) is 7.63. The summed E-state index contributed by atoms with van der Waals surface area (Å²) in [4.78, 5) is 14.8. The lowest BCUT2D eigenvalue weighted by Gasteiger charge is -2.02. The van der Waals surface area contributed by atoms with Gasteiger partial charge < -0.3 is 4.98 Å². The van der Waals surface area contributed by atoms with Crippen LogP contribution >= 0.6 is 31.9 Å². The van der Waals surface area contributed by atoms with Gasteiger partial charge in [0.25, 0.3) is 0 Å². The van der Waals surface area contributed by atoms with Crippen molar-refractivity contribution >= 4 is 37.6 Å². The van der Waals surface area contributed by atoms with E-state index in [1.165, 1.54) is 0 Å². The van der Waals surface area contributed by atoms with E-state index in [9.17, 15) is 4.79 Å². The first kappa shape index (κ1) is 10.6. The summed E-state index contributed by atoms with van der Waals surface area (Å²) < 4.78 is 1.74. The van der Waals surface area contributed by atoms with E-state index in [-0.39, 0.29) is 5.78 Å². The first-order valence-corrected chi connectivity index (χ1v) is 5.89. The molecule has 2 nitrogen and oxygen atoms in total. The van der Waals surface area contributed by atoms with Gasteiger partial charge >= 0.3 is 0 Å². The van der Waals surface area contributed by atoms with Crippen molar-refractivity contribution in [2.75, 3.05) is 0 Å². The molecule has 2 rings (SSSR count). The number of nitrogens with one attached hydrogen (secondary N) is 1. The number of ketones is 1. The monoisotopic (exact) mass is 327 g/mol. The van der Waals surface area contributed by atoms with Gasteiger partial charge in [-0.15, -0.1) is 0 Å². The van der Waals surface area contributed by atoms with E-state index in [1.54, 1.807) is 24.5 Å². The van der Waals surface area contributed by atoms with Gasteiger partial charge in [-0.2, -0.15) is 0 Å². The van der Waals surface area contributed by atoms with E-state index in [1.807, 2.05) is 12.1 Å². The minimum atomic E-state index is 0.00984. The van der Waals surface area contributed by atoms with Crippen LogP contribution in [0, 0.1) is 0 Å². The summed E-state index contributed by atoms with van der Waals surface area (Å²) in [6, 6.07) is 7.27. The number of carbonyl (C=O) groups excluding carboxylic acids is 1. The van der Waals surface area contributed by atoms with Gasteiger partial charge in [0.05, 0.1) is 0 Å². The average Bonchev–Trinajstić information content (AvgIpc) is 2.69. The van der Waals surface area contributed by atoms with Crippen LogP contribution in [0.1, 0.15) is 15.9 Å². The molecule has 0 bridgehead atoms. The standard InChI is InChI=1S/C11H7Br2NO/c12-8-1-2-9(10(13)5-8)11(15)7-3-4-14-6-7/h1-6,14H. The number of halogens is 2. The van der Waals surface area contributed by atoms with Gasteiger partial charge in [0.1, 0.15) is 0 Å². The van der Waals surface area contributed by atoms with E-state index in [0.717, 1.165) is 8.95 Å². The van der Waals surface area contributed by atoms with Gasteiger partial charge in [-0.3, -0.25) is 4.79 Å². The van der Waals surface area contributed by atoms with Crippen LogP contribution in [0.15, 0.2) is 45.6 Å². The predicted octanol–water partition coefficient (Wildman–Crippen LogP) is 3.77. The number of aromatic amines is 1. The Morgan fingerprint density at radius 1 is 1.20 bits per heavy atom. The molecule has 0 saturated heterocycles. The summed E-state index contributed by atoms with van der Waals surface area (Å²) in [7, 11) is 0. The molecule has 1 aromatic carbocycles. The molecule has 0 saturated carbocycles. The molecule has 0 aliphatic heterocycles. The van der Waals surface area contributed by atoms with Crippen molar-refractivity contribution in [1.29, 1.82) is 0 Å². The predicted molar refractivity (Wildman–Crippen MR) is 66.1 cm³/mol. The molecule has 1 heterocycles. The molecule has 76 valence electrons. The van der Waals surface area contributed by atoms with Crippen molar-refractivity contribution in [3.05, 3.63) is 56.7 Å². The van der Waals surface area contributed by atoms with Gasteiger partial charge in [-0.1, -0.05) is 15.9 Å². The maximum Gasteiger partial charge on any atom is 0.195 e. The minimum absolute atomic E-state index is 0.00984. The normalized spacial score (nSPS) is 10.3. The number of hydrogen-bond acceptors (Lipinski definition) is 1. The molecule has 15 heavy (non-hydrogen) atoms. The summed E-state index contributed by atoms with van der Waals surface area (Å²) in [6.07, 6.45) is 3.43. The molecular weight excluding hydrogens is 322 g/mol. The Bertz CT molecular complexity index is 491. The molecule has 4 heteroatoms. The Hall–Kier alpha value is -0.870. The third-order valence-corrected chi connectivity index (χ3v) is 3.19. The van der Waals surface area contributed by atoms with Crippen LogP contribution in [0.4, 0.5) is 0 Å². The van der Waals surface area contributed by atoms with Gasteiger partial charge in [-0.05, 0) is 40.2 Å². The number of rotatable bonds is 2. The molecule has 0 amide bonds. The highest BCUT2D eigenvalue weighted by Gasteiger charge is 2.12. The molecule has 0 radical (unpaired) electrons. The summed E-state index contributed by atoms with van der Waals surface area (Å²) in [5, 5.41) is 0. The first-order valence-electron chi connectivity index (χ1n) is 4.31. The Balaban J connectivity index is 2.42. The minimum Gasteiger partial charge on any atom is -0.367 e. The maximum absolute atomic E-state index is 12.0. The topological polar surface area (TPSA) is 32.9 Å².